The van der Waals surface area contributed by atoms with Crippen LogP contribution in [0.3, 0.4) is 0 Å². The van der Waals surface area contributed by atoms with Crippen molar-refractivity contribution in [3.63, 3.8) is 0 Å². The molecule has 0 aliphatic carbocycles. The molecular weight excluding hydrogens is 314 g/mol. The molecule has 7 heteroatoms. The highest BCUT2D eigenvalue weighted by atomic mass is 16.7. The van der Waals surface area contributed by atoms with Crippen molar-refractivity contribution in [3.8, 4) is 0 Å². The average Bonchev–Trinajstić information content (AvgIpc) is 2.63. The molecule has 5 unspecified atom stereocenters. The summed E-state index contributed by atoms with van der Waals surface area (Å²) in [4.78, 5) is 12.1. The van der Waals surface area contributed by atoms with E-state index in [1.165, 1.54) is 0 Å². The fourth-order valence-corrected chi connectivity index (χ4v) is 3.08. The van der Waals surface area contributed by atoms with Crippen LogP contribution in [0.25, 0.3) is 0 Å². The summed E-state index contributed by atoms with van der Waals surface area (Å²) >= 11 is 0. The summed E-state index contributed by atoms with van der Waals surface area (Å²) in [6, 6.07) is 0. The van der Waals surface area contributed by atoms with Crippen molar-refractivity contribution in [2.45, 2.75) is 71.7 Å². The summed E-state index contributed by atoms with van der Waals surface area (Å²) in [5.74, 6) is 0.312. The molecule has 3 N–H and O–H groups in total. The molecule has 3 fully saturated rings. The number of carbonyl (C=O) groups is 1. The van der Waals surface area contributed by atoms with E-state index in [0.717, 1.165) is 6.42 Å². The largest absolute Gasteiger partial charge is 0.387 e. The molecule has 0 saturated carbocycles. The summed E-state index contributed by atoms with van der Waals surface area (Å²) in [5.41, 5.74) is 0. The Bertz CT molecular complexity index is 389. The Kier molecular flexibility index (Phi) is 8.59. The number of ether oxygens (including phenoxy) is 3. The van der Waals surface area contributed by atoms with Crippen LogP contribution in [0.4, 0.5) is 0 Å². The molecule has 2 bridgehead atoms. The van der Waals surface area contributed by atoms with E-state index in [9.17, 15) is 15.0 Å². The van der Waals surface area contributed by atoms with Gasteiger partial charge in [0.2, 0.25) is 5.91 Å². The molecule has 3 aliphatic rings. The minimum atomic E-state index is -1.15. The molecule has 1 amide bonds. The highest BCUT2D eigenvalue weighted by Gasteiger charge is 2.46. The van der Waals surface area contributed by atoms with E-state index >= 15 is 0 Å². The van der Waals surface area contributed by atoms with Gasteiger partial charge < -0.3 is 29.7 Å². The number of aliphatic hydroxyl groups is 2. The molecule has 3 aliphatic heterocycles. The molecule has 0 aromatic rings. The highest BCUT2D eigenvalue weighted by molar-refractivity contribution is 5.78. The van der Waals surface area contributed by atoms with Crippen LogP contribution < -0.4 is 5.32 Å². The molecule has 6 atom stereocenters. The predicted molar refractivity (Wildman–Crippen MR) is 89.3 cm³/mol. The number of carbonyl (C=O) groups excluding carboxylic acids is 1. The van der Waals surface area contributed by atoms with Crippen LogP contribution in [0.1, 0.15) is 41.0 Å². The quantitative estimate of drug-likeness (QED) is 0.676. The van der Waals surface area contributed by atoms with Gasteiger partial charge in [0.05, 0.1) is 6.61 Å². The van der Waals surface area contributed by atoms with E-state index in [1.54, 1.807) is 0 Å². The zero-order valence-electron chi connectivity index (χ0n) is 14.1. The second kappa shape index (κ2) is 9.68. The van der Waals surface area contributed by atoms with Crippen molar-refractivity contribution in [3.05, 3.63) is 0 Å². The number of rotatable bonds is 5. The molecule has 0 spiro atoms. The van der Waals surface area contributed by atoms with Gasteiger partial charge >= 0.3 is 0 Å². The monoisotopic (exact) mass is 347 g/mol. The Morgan fingerprint density at radius 3 is 2.50 bits per heavy atom. The minimum absolute atomic E-state index is 0. The third-order valence-corrected chi connectivity index (χ3v) is 4.27. The third-order valence-electron chi connectivity index (χ3n) is 4.27. The van der Waals surface area contributed by atoms with Crippen molar-refractivity contribution in [2.75, 3.05) is 19.8 Å². The van der Waals surface area contributed by atoms with Gasteiger partial charge in [-0.2, -0.15) is 0 Å². The first kappa shape index (κ1) is 21.3. The first-order valence-corrected chi connectivity index (χ1v) is 8.42. The van der Waals surface area contributed by atoms with Crippen LogP contribution in [-0.2, 0) is 19.0 Å². The Balaban J connectivity index is 0.00000288. The Hall–Kier alpha value is -0.730. The zero-order valence-corrected chi connectivity index (χ0v) is 14.1. The summed E-state index contributed by atoms with van der Waals surface area (Å²) in [7, 11) is 0. The number of fused-ring (bicyclic) bond motifs is 6. The standard InChI is InChI=1S/C16H29NO6.CH4/c1-9(2)7-10(3)15(20)17-8-11-14-12(18)13(19)16(23-11)22-6-4-5-21-14;/h9-14,16,18-19H,4-8H2,1-3H3,(H,17,20);1H4/t10-,11?,12?,13?,14?,16?;/m0./s1. The number of aliphatic hydroxyl groups excluding tert-OH is 2. The number of nitrogens with one attached hydrogen (secondary N) is 1. The van der Waals surface area contributed by atoms with Gasteiger partial charge in [0, 0.05) is 19.1 Å². The molecule has 3 heterocycles. The van der Waals surface area contributed by atoms with Crippen molar-refractivity contribution in [1.29, 1.82) is 0 Å². The minimum Gasteiger partial charge on any atom is -0.387 e. The maximum Gasteiger partial charge on any atom is 0.222 e. The van der Waals surface area contributed by atoms with E-state index in [1.807, 2.05) is 6.92 Å². The third kappa shape index (κ3) is 5.39. The molecule has 0 aromatic carbocycles. The molecule has 0 aromatic heterocycles. The van der Waals surface area contributed by atoms with E-state index in [0.29, 0.717) is 25.6 Å². The van der Waals surface area contributed by atoms with Crippen LogP contribution in [-0.4, -0.2) is 66.6 Å². The van der Waals surface area contributed by atoms with Gasteiger partial charge in [-0.25, -0.2) is 0 Å². The van der Waals surface area contributed by atoms with Crippen LogP contribution in [0.15, 0.2) is 0 Å². The number of hydrogen-bond donors (Lipinski definition) is 3. The second-order valence-corrected chi connectivity index (χ2v) is 6.86. The Morgan fingerprint density at radius 2 is 1.83 bits per heavy atom. The van der Waals surface area contributed by atoms with Gasteiger partial charge in [0.1, 0.15) is 24.4 Å². The number of hydrogen-bond acceptors (Lipinski definition) is 6. The molecule has 0 radical (unpaired) electrons. The Labute approximate surface area is 144 Å². The molecule has 7 nitrogen and oxygen atoms in total. The van der Waals surface area contributed by atoms with E-state index in [-0.39, 0.29) is 25.8 Å². The van der Waals surface area contributed by atoms with Crippen molar-refractivity contribution < 1.29 is 29.2 Å². The summed E-state index contributed by atoms with van der Waals surface area (Å²) in [6.45, 7) is 7.07. The molecular formula is C17H33NO6. The average molecular weight is 347 g/mol. The molecule has 24 heavy (non-hydrogen) atoms. The first-order valence-electron chi connectivity index (χ1n) is 8.42. The van der Waals surface area contributed by atoms with Crippen LogP contribution in [0.2, 0.25) is 0 Å². The SMILES string of the molecule is C.CC(C)C[C@H](C)C(=O)NCC1OC2OCCCOC1C(O)C2O. The topological polar surface area (TPSA) is 97.3 Å². The fraction of sp³-hybridized carbons (Fsp3) is 0.941. The van der Waals surface area contributed by atoms with Gasteiger partial charge in [0.15, 0.2) is 6.29 Å². The van der Waals surface area contributed by atoms with Crippen molar-refractivity contribution in [1.82, 2.24) is 5.32 Å². The number of amides is 1. The second-order valence-electron chi connectivity index (χ2n) is 6.86. The van der Waals surface area contributed by atoms with E-state index < -0.39 is 30.7 Å². The normalized spacial score (nSPS) is 34.7. The van der Waals surface area contributed by atoms with E-state index in [4.69, 9.17) is 14.2 Å². The van der Waals surface area contributed by atoms with Crippen LogP contribution in [0, 0.1) is 11.8 Å². The molecule has 142 valence electrons. The molecule has 3 saturated heterocycles. The maximum absolute atomic E-state index is 12.1. The van der Waals surface area contributed by atoms with Gasteiger partial charge in [-0.15, -0.1) is 0 Å². The summed E-state index contributed by atoms with van der Waals surface area (Å²) in [6.07, 6.45) is -2.88. The smallest absolute Gasteiger partial charge is 0.222 e. The van der Waals surface area contributed by atoms with Crippen molar-refractivity contribution in [2.24, 2.45) is 11.8 Å². The van der Waals surface area contributed by atoms with Crippen molar-refractivity contribution >= 4 is 5.91 Å². The van der Waals surface area contributed by atoms with Crippen LogP contribution in [0.5, 0.6) is 0 Å². The van der Waals surface area contributed by atoms with Gasteiger partial charge in [-0.05, 0) is 18.8 Å². The van der Waals surface area contributed by atoms with Gasteiger partial charge in [-0.3, -0.25) is 4.79 Å². The van der Waals surface area contributed by atoms with Gasteiger partial charge in [-0.1, -0.05) is 28.2 Å². The lowest BCUT2D eigenvalue weighted by atomic mass is 9.97. The predicted octanol–water partition coefficient (Wildman–Crippen LogP) is 0.673. The lowest BCUT2D eigenvalue weighted by Crippen LogP contribution is -2.61. The first-order chi connectivity index (χ1) is 10.9. The Morgan fingerprint density at radius 1 is 1.17 bits per heavy atom. The van der Waals surface area contributed by atoms with E-state index in [2.05, 4.69) is 19.2 Å². The highest BCUT2D eigenvalue weighted by Crippen LogP contribution is 2.26. The zero-order chi connectivity index (χ0) is 17.0. The lowest BCUT2D eigenvalue weighted by molar-refractivity contribution is -0.292. The maximum atomic E-state index is 12.1. The van der Waals surface area contributed by atoms with Gasteiger partial charge in [0.25, 0.3) is 0 Å². The van der Waals surface area contributed by atoms with Crippen LogP contribution >= 0.6 is 0 Å². The summed E-state index contributed by atoms with van der Waals surface area (Å²) < 4.78 is 16.8. The lowest BCUT2D eigenvalue weighted by Gasteiger charge is -2.41. The summed E-state index contributed by atoms with van der Waals surface area (Å²) in [5, 5.41) is 23.1. The molecule has 3 rings (SSSR count). The fourth-order valence-electron chi connectivity index (χ4n) is 3.08.